The Balaban J connectivity index is 1.44. The van der Waals surface area contributed by atoms with Gasteiger partial charge >= 0.3 is 5.97 Å². The summed E-state index contributed by atoms with van der Waals surface area (Å²) < 4.78 is 34.0. The first-order chi connectivity index (χ1) is 18.7. The zero-order valence-corrected chi connectivity index (χ0v) is 22.7. The maximum absolute atomic E-state index is 12.2. The van der Waals surface area contributed by atoms with Crippen LogP contribution < -0.4 is 14.8 Å². The molecule has 0 fully saturated rings. The molecule has 4 aromatic rings. The quantitative estimate of drug-likeness (QED) is 0.201. The molecule has 0 spiro atoms. The Hall–Kier alpha value is -3.70. The van der Waals surface area contributed by atoms with Gasteiger partial charge in [0.05, 0.1) is 4.90 Å². The molecule has 4 N–H and O–H groups in total. The van der Waals surface area contributed by atoms with E-state index in [0.717, 1.165) is 16.5 Å². The summed E-state index contributed by atoms with van der Waals surface area (Å²) in [7, 11) is -2.27. The van der Waals surface area contributed by atoms with Crippen molar-refractivity contribution in [2.45, 2.75) is 36.9 Å². The van der Waals surface area contributed by atoms with Crippen LogP contribution in [0, 0.1) is 0 Å². The van der Waals surface area contributed by atoms with Crippen LogP contribution in [-0.2, 0) is 23.0 Å². The Bertz CT molecular complexity index is 1540. The van der Waals surface area contributed by atoms with Gasteiger partial charge in [0.2, 0.25) is 10.0 Å². The van der Waals surface area contributed by atoms with Crippen LogP contribution in [-0.4, -0.2) is 61.5 Å². The highest BCUT2D eigenvalue weighted by Gasteiger charge is 2.18. The third-order valence-electron chi connectivity index (χ3n) is 6.43. The molecule has 39 heavy (non-hydrogen) atoms. The van der Waals surface area contributed by atoms with Gasteiger partial charge in [0.1, 0.15) is 24.2 Å². The van der Waals surface area contributed by atoms with E-state index in [1.165, 1.54) is 13.1 Å². The molecule has 1 heterocycles. The van der Waals surface area contributed by atoms with Crippen LogP contribution in [0.15, 0.2) is 83.8 Å². The average Bonchev–Trinajstić information content (AvgIpc) is 3.29. The third-order valence-corrected chi connectivity index (χ3v) is 7.84. The van der Waals surface area contributed by atoms with Crippen molar-refractivity contribution in [2.24, 2.45) is 0 Å². The number of carbonyl (C=O) groups is 1. The molecular formula is C29H33N3O6S. The lowest BCUT2D eigenvalue weighted by atomic mass is 10.0. The molecule has 9 nitrogen and oxygen atoms in total. The van der Waals surface area contributed by atoms with Crippen LogP contribution >= 0.6 is 0 Å². The zero-order valence-electron chi connectivity index (χ0n) is 21.9. The van der Waals surface area contributed by atoms with Crippen molar-refractivity contribution in [2.75, 3.05) is 20.2 Å². The molecular weight excluding hydrogens is 518 g/mol. The molecule has 0 aliphatic heterocycles. The van der Waals surface area contributed by atoms with Gasteiger partial charge < -0.3 is 24.8 Å². The van der Waals surface area contributed by atoms with E-state index in [-0.39, 0.29) is 29.8 Å². The summed E-state index contributed by atoms with van der Waals surface area (Å²) in [4.78, 5) is 12.2. The molecule has 0 saturated heterocycles. The fourth-order valence-electron chi connectivity index (χ4n) is 4.44. The van der Waals surface area contributed by atoms with E-state index < -0.39 is 22.1 Å². The monoisotopic (exact) mass is 551 g/mol. The van der Waals surface area contributed by atoms with E-state index in [4.69, 9.17) is 4.74 Å². The Labute approximate surface area is 228 Å². The number of ether oxygens (including phenoxy) is 1. The number of carboxylic acids is 1. The van der Waals surface area contributed by atoms with E-state index >= 15 is 0 Å². The van der Waals surface area contributed by atoms with Gasteiger partial charge in [-0.15, -0.1) is 0 Å². The first kappa shape index (κ1) is 28.3. The van der Waals surface area contributed by atoms with Crippen molar-refractivity contribution in [3.63, 3.8) is 0 Å². The van der Waals surface area contributed by atoms with Crippen LogP contribution in [0.3, 0.4) is 0 Å². The average molecular weight is 552 g/mol. The number of carboxylic acid groups (broad SMARTS) is 1. The summed E-state index contributed by atoms with van der Waals surface area (Å²) in [6.45, 7) is 2.79. The predicted octanol–water partition coefficient (Wildman–Crippen LogP) is 3.26. The maximum atomic E-state index is 12.2. The molecule has 2 unspecified atom stereocenters. The Morgan fingerprint density at radius 1 is 1.00 bits per heavy atom. The fraction of sp³-hybridized carbons (Fsp3) is 0.276. The molecule has 2 atom stereocenters. The van der Waals surface area contributed by atoms with Crippen molar-refractivity contribution in [1.82, 2.24) is 14.6 Å². The Kier molecular flexibility index (Phi) is 9.03. The topological polar surface area (TPSA) is 130 Å². The van der Waals surface area contributed by atoms with Crippen LogP contribution in [0.2, 0.25) is 0 Å². The maximum Gasteiger partial charge on any atom is 0.352 e. The number of benzene rings is 3. The van der Waals surface area contributed by atoms with E-state index in [2.05, 4.69) is 10.0 Å². The second-order valence-electron chi connectivity index (χ2n) is 9.46. The summed E-state index contributed by atoms with van der Waals surface area (Å²) in [5.41, 5.74) is 2.56. The first-order valence-electron chi connectivity index (χ1n) is 12.6. The van der Waals surface area contributed by atoms with Gasteiger partial charge in [-0.1, -0.05) is 36.4 Å². The molecule has 1 aromatic heterocycles. The summed E-state index contributed by atoms with van der Waals surface area (Å²) >= 11 is 0. The lowest BCUT2D eigenvalue weighted by molar-refractivity contribution is 0.0686. The minimum Gasteiger partial charge on any atom is -0.491 e. The van der Waals surface area contributed by atoms with Gasteiger partial charge in [0.25, 0.3) is 0 Å². The van der Waals surface area contributed by atoms with Gasteiger partial charge in [-0.2, -0.15) is 0 Å². The number of aromatic nitrogens is 1. The highest BCUT2D eigenvalue weighted by Crippen LogP contribution is 2.24. The molecule has 4 rings (SSSR count). The van der Waals surface area contributed by atoms with Crippen LogP contribution in [0.25, 0.3) is 10.9 Å². The standard InChI is InChI=1S/C29H33N3O6S/c1-20(31-17-24(33)19-38-25-8-4-3-5-9-25)13-21-11-12-27-23(14-21)16-28(29(34)35)32(27)18-22-7-6-10-26(15-22)39(36,37)30-2/h3-12,14-16,20,24,30-31,33H,13,17-19H2,1-2H3,(H,34,35). The van der Waals surface area contributed by atoms with Crippen LogP contribution in [0.1, 0.15) is 28.5 Å². The second-order valence-corrected chi connectivity index (χ2v) is 11.3. The fourth-order valence-corrected chi connectivity index (χ4v) is 5.24. The number of hydrogen-bond donors (Lipinski definition) is 4. The smallest absolute Gasteiger partial charge is 0.352 e. The molecule has 0 aliphatic carbocycles. The number of para-hydroxylation sites is 1. The summed E-state index contributed by atoms with van der Waals surface area (Å²) in [5.74, 6) is -0.352. The van der Waals surface area contributed by atoms with Gasteiger partial charge in [0.15, 0.2) is 0 Å². The number of aliphatic hydroxyl groups excluding tert-OH is 1. The van der Waals surface area contributed by atoms with E-state index in [1.807, 2.05) is 55.5 Å². The normalized spacial score (nSPS) is 13.3. The first-order valence-corrected chi connectivity index (χ1v) is 14.1. The Morgan fingerprint density at radius 3 is 2.49 bits per heavy atom. The van der Waals surface area contributed by atoms with Crippen molar-refractivity contribution in [1.29, 1.82) is 0 Å². The number of aromatic carboxylic acids is 1. The lowest BCUT2D eigenvalue weighted by Crippen LogP contribution is -2.37. The second kappa shape index (κ2) is 12.4. The summed E-state index contributed by atoms with van der Waals surface area (Å²) in [6.07, 6.45) is 0.0172. The number of hydrogen-bond acceptors (Lipinski definition) is 6. The Morgan fingerprint density at radius 2 is 1.77 bits per heavy atom. The lowest BCUT2D eigenvalue weighted by Gasteiger charge is -2.18. The number of aliphatic hydroxyl groups is 1. The molecule has 3 aromatic carbocycles. The minimum absolute atomic E-state index is 0.0618. The van der Waals surface area contributed by atoms with Crippen molar-refractivity contribution in [3.05, 3.63) is 95.7 Å². The zero-order chi connectivity index (χ0) is 28.0. The minimum atomic E-state index is -3.62. The molecule has 0 saturated carbocycles. The van der Waals surface area contributed by atoms with Crippen molar-refractivity contribution >= 4 is 26.9 Å². The van der Waals surface area contributed by atoms with Crippen LogP contribution in [0.4, 0.5) is 0 Å². The van der Waals surface area contributed by atoms with Crippen molar-refractivity contribution < 1.29 is 28.2 Å². The van der Waals surface area contributed by atoms with E-state index in [1.54, 1.807) is 28.8 Å². The van der Waals surface area contributed by atoms with Gasteiger partial charge in [-0.3, -0.25) is 0 Å². The largest absolute Gasteiger partial charge is 0.491 e. The number of nitrogens with one attached hydrogen (secondary N) is 2. The number of rotatable bonds is 13. The van der Waals surface area contributed by atoms with E-state index in [0.29, 0.717) is 24.3 Å². The van der Waals surface area contributed by atoms with Crippen molar-refractivity contribution in [3.8, 4) is 5.75 Å². The SMILES string of the molecule is CNS(=O)(=O)c1cccc(Cn2c(C(=O)O)cc3cc(CC(C)NCC(O)COc4ccccc4)ccc32)c1. The van der Waals surface area contributed by atoms with Gasteiger partial charge in [-0.25, -0.2) is 17.9 Å². The molecule has 0 aliphatic rings. The molecule has 206 valence electrons. The molecule has 0 amide bonds. The van der Waals surface area contributed by atoms with E-state index in [9.17, 15) is 23.4 Å². The number of sulfonamides is 1. The van der Waals surface area contributed by atoms with Gasteiger partial charge in [-0.05, 0) is 74.0 Å². The molecule has 10 heteroatoms. The molecule has 0 bridgehead atoms. The molecule has 0 radical (unpaired) electrons. The third kappa shape index (κ3) is 7.24. The highest BCUT2D eigenvalue weighted by molar-refractivity contribution is 7.89. The predicted molar refractivity (Wildman–Crippen MR) is 150 cm³/mol. The summed E-state index contributed by atoms with van der Waals surface area (Å²) in [6, 6.07) is 23.3. The summed E-state index contributed by atoms with van der Waals surface area (Å²) in [5, 5.41) is 24.2. The number of nitrogens with zero attached hydrogens (tertiary/aromatic N) is 1. The number of fused-ring (bicyclic) bond motifs is 1. The highest BCUT2D eigenvalue weighted by atomic mass is 32.2. The van der Waals surface area contributed by atoms with Crippen LogP contribution in [0.5, 0.6) is 5.75 Å². The van der Waals surface area contributed by atoms with Gasteiger partial charge in [0, 0.05) is 30.0 Å².